The van der Waals surface area contributed by atoms with Crippen molar-refractivity contribution in [2.24, 2.45) is 0 Å². The minimum atomic E-state index is -0.515. The van der Waals surface area contributed by atoms with Crippen LogP contribution in [0.2, 0.25) is 0 Å². The molecule has 1 spiro atoms. The zero-order valence-corrected chi connectivity index (χ0v) is 31.2. The second-order valence-corrected chi connectivity index (χ2v) is 15.5. The third kappa shape index (κ3) is 5.11. The first-order valence-electron chi connectivity index (χ1n) is 20.0. The molecule has 268 valence electrons. The highest BCUT2D eigenvalue weighted by molar-refractivity contribution is 5.93. The Balaban J connectivity index is 1.08. The highest BCUT2D eigenvalue weighted by Gasteiger charge is 2.51. The van der Waals surface area contributed by atoms with Gasteiger partial charge in [-0.25, -0.2) is 9.97 Å². The Hall–Kier alpha value is -6.58. The van der Waals surface area contributed by atoms with Gasteiger partial charge in [0.15, 0.2) is 5.82 Å². The van der Waals surface area contributed by atoms with Crippen molar-refractivity contribution in [3.63, 3.8) is 0 Å². The van der Waals surface area contributed by atoms with Crippen LogP contribution < -0.4 is 4.74 Å². The van der Waals surface area contributed by atoms with E-state index in [-0.39, 0.29) is 0 Å². The predicted molar refractivity (Wildman–Crippen MR) is 227 cm³/mol. The Kier molecular flexibility index (Phi) is 7.80. The molecule has 1 aromatic heterocycles. The summed E-state index contributed by atoms with van der Waals surface area (Å²) in [7, 11) is 0. The first kappa shape index (κ1) is 32.8. The quantitative estimate of drug-likeness (QED) is 0.178. The monoisotopic (exact) mass is 720 g/mol. The van der Waals surface area contributed by atoms with Gasteiger partial charge in [0, 0.05) is 39.4 Å². The van der Waals surface area contributed by atoms with Crippen molar-refractivity contribution in [1.82, 2.24) is 9.97 Å². The molecule has 0 N–H and O–H groups in total. The summed E-state index contributed by atoms with van der Waals surface area (Å²) in [6, 6.07) is 63.4. The van der Waals surface area contributed by atoms with Gasteiger partial charge in [0.2, 0.25) is 0 Å². The molecule has 0 atom stereocenters. The number of para-hydroxylation sites is 2. The van der Waals surface area contributed by atoms with Gasteiger partial charge in [0.1, 0.15) is 11.5 Å². The minimum Gasteiger partial charge on any atom is -0.456 e. The van der Waals surface area contributed by atoms with Crippen molar-refractivity contribution < 1.29 is 4.74 Å². The summed E-state index contributed by atoms with van der Waals surface area (Å²) < 4.78 is 7.07. The molecule has 3 nitrogen and oxygen atoms in total. The van der Waals surface area contributed by atoms with Crippen LogP contribution in [0, 0.1) is 0 Å². The van der Waals surface area contributed by atoms with E-state index in [1.807, 2.05) is 0 Å². The Morgan fingerprint density at radius 3 is 1.77 bits per heavy atom. The van der Waals surface area contributed by atoms with E-state index in [4.69, 9.17) is 14.7 Å². The molecule has 56 heavy (non-hydrogen) atoms. The minimum absolute atomic E-state index is 0.466. The van der Waals surface area contributed by atoms with E-state index in [0.717, 1.165) is 67.7 Å². The maximum absolute atomic E-state index is 7.07. The number of hydrogen-bond acceptors (Lipinski definition) is 3. The van der Waals surface area contributed by atoms with Crippen LogP contribution in [0.5, 0.6) is 11.5 Å². The summed E-state index contributed by atoms with van der Waals surface area (Å²) in [6.07, 6.45) is 6.20. The van der Waals surface area contributed by atoms with Gasteiger partial charge in [0.05, 0.1) is 11.1 Å². The lowest BCUT2D eigenvalue weighted by Gasteiger charge is -2.40. The molecule has 2 heterocycles. The molecule has 11 rings (SSSR count). The lowest BCUT2D eigenvalue weighted by molar-refractivity contribution is 0.436. The van der Waals surface area contributed by atoms with E-state index in [2.05, 4.69) is 176 Å². The Morgan fingerprint density at radius 2 is 1.00 bits per heavy atom. The van der Waals surface area contributed by atoms with E-state index < -0.39 is 5.41 Å². The van der Waals surface area contributed by atoms with E-state index >= 15 is 0 Å². The third-order valence-electron chi connectivity index (χ3n) is 12.4. The van der Waals surface area contributed by atoms with Crippen LogP contribution in [0.15, 0.2) is 176 Å². The van der Waals surface area contributed by atoms with Crippen LogP contribution in [0.3, 0.4) is 0 Å². The number of rotatable bonds is 5. The Morgan fingerprint density at radius 1 is 0.429 bits per heavy atom. The second kappa shape index (κ2) is 13.3. The second-order valence-electron chi connectivity index (χ2n) is 15.5. The molecule has 0 bridgehead atoms. The van der Waals surface area contributed by atoms with Crippen molar-refractivity contribution in [1.29, 1.82) is 0 Å². The topological polar surface area (TPSA) is 35.0 Å². The lowest BCUT2D eigenvalue weighted by Crippen LogP contribution is -2.32. The number of aromatic nitrogens is 2. The summed E-state index contributed by atoms with van der Waals surface area (Å²) >= 11 is 0. The summed E-state index contributed by atoms with van der Waals surface area (Å²) in [4.78, 5) is 10.5. The molecular weight excluding hydrogens is 681 g/mol. The fraction of sp³-hybridized carbons (Fsp3) is 0.132. The molecule has 7 aromatic carbocycles. The van der Waals surface area contributed by atoms with Crippen molar-refractivity contribution in [2.75, 3.05) is 0 Å². The van der Waals surface area contributed by atoms with Crippen LogP contribution in [-0.2, 0) is 5.41 Å². The predicted octanol–water partition coefficient (Wildman–Crippen LogP) is 13.7. The van der Waals surface area contributed by atoms with E-state index in [0.29, 0.717) is 5.92 Å². The first-order chi connectivity index (χ1) is 27.8. The Labute approximate surface area is 328 Å². The summed E-state index contributed by atoms with van der Waals surface area (Å²) in [5, 5.41) is 0. The van der Waals surface area contributed by atoms with E-state index in [1.165, 1.54) is 59.9 Å². The molecule has 0 amide bonds. The first-order valence-corrected chi connectivity index (χ1v) is 20.0. The summed E-state index contributed by atoms with van der Waals surface area (Å²) in [5.74, 6) is 3.04. The molecule has 2 aliphatic carbocycles. The van der Waals surface area contributed by atoms with Crippen molar-refractivity contribution >= 4 is 0 Å². The summed E-state index contributed by atoms with van der Waals surface area (Å²) in [6.45, 7) is 0. The van der Waals surface area contributed by atoms with Crippen molar-refractivity contribution in [3.05, 3.63) is 204 Å². The van der Waals surface area contributed by atoms with Gasteiger partial charge in [-0.05, 0) is 70.0 Å². The standard InChI is InChI=1S/C53H40N2O/c1-3-17-35(18-4-1)48-34-49(36-19-5-2-6-20-36)55-52(54-48)38-22-15-21-37(33-38)39-23-7-8-24-40(39)43-27-16-31-47-51(43)56-50-32-14-13-30-46(50)53(47)44-28-11-9-25-41(44)42-26-10-12-29-45(42)53/h1,3-4,7-18,21-34,36H,2,5-6,19-20H2. The molecule has 1 fully saturated rings. The van der Waals surface area contributed by atoms with Gasteiger partial charge in [-0.15, -0.1) is 0 Å². The molecule has 0 radical (unpaired) electrons. The van der Waals surface area contributed by atoms with Gasteiger partial charge < -0.3 is 4.74 Å². The number of benzene rings is 7. The normalized spacial score (nSPS) is 15.0. The third-order valence-corrected chi connectivity index (χ3v) is 12.4. The average molecular weight is 721 g/mol. The zero-order valence-electron chi connectivity index (χ0n) is 31.2. The number of hydrogen-bond donors (Lipinski definition) is 0. The largest absolute Gasteiger partial charge is 0.456 e. The number of nitrogens with zero attached hydrogens (tertiary/aromatic N) is 2. The van der Waals surface area contributed by atoms with Crippen molar-refractivity contribution in [2.45, 2.75) is 43.4 Å². The number of ether oxygens (including phenoxy) is 1. The van der Waals surface area contributed by atoms with Crippen LogP contribution in [-0.4, -0.2) is 9.97 Å². The molecule has 8 aromatic rings. The SMILES string of the molecule is c1ccc(-c2cc(C3CCCCC3)nc(-c3cccc(-c4ccccc4-c4cccc5c4Oc4ccccc4C54c5ccccc5-c5ccccc54)c3)n2)cc1. The van der Waals surface area contributed by atoms with Crippen LogP contribution >= 0.6 is 0 Å². The highest BCUT2D eigenvalue weighted by Crippen LogP contribution is 2.63. The maximum Gasteiger partial charge on any atom is 0.160 e. The van der Waals surface area contributed by atoms with Crippen molar-refractivity contribution in [3.8, 4) is 67.5 Å². The van der Waals surface area contributed by atoms with Gasteiger partial charge >= 0.3 is 0 Å². The maximum atomic E-state index is 7.07. The highest BCUT2D eigenvalue weighted by atomic mass is 16.5. The van der Waals surface area contributed by atoms with Crippen LogP contribution in [0.4, 0.5) is 0 Å². The summed E-state index contributed by atoms with van der Waals surface area (Å²) in [5.41, 5.74) is 15.7. The zero-order chi connectivity index (χ0) is 37.1. The fourth-order valence-corrected chi connectivity index (χ4v) is 9.85. The molecule has 3 aliphatic rings. The van der Waals surface area contributed by atoms with Gasteiger partial charge in [-0.3, -0.25) is 0 Å². The van der Waals surface area contributed by atoms with Gasteiger partial charge in [-0.1, -0.05) is 177 Å². The molecule has 0 saturated heterocycles. The fourth-order valence-electron chi connectivity index (χ4n) is 9.85. The lowest BCUT2D eigenvalue weighted by atomic mass is 9.65. The smallest absolute Gasteiger partial charge is 0.160 e. The van der Waals surface area contributed by atoms with Crippen LogP contribution in [0.25, 0.3) is 56.0 Å². The van der Waals surface area contributed by atoms with E-state index in [9.17, 15) is 0 Å². The Bertz CT molecular complexity index is 2730. The average Bonchev–Trinajstić information content (AvgIpc) is 3.57. The molecule has 3 heteroatoms. The van der Waals surface area contributed by atoms with Gasteiger partial charge in [-0.2, -0.15) is 0 Å². The number of fused-ring (bicyclic) bond motifs is 9. The molecule has 1 saturated carbocycles. The molecule has 0 unspecified atom stereocenters. The molecular formula is C53H40N2O. The van der Waals surface area contributed by atoms with Crippen LogP contribution in [0.1, 0.15) is 66.0 Å². The van der Waals surface area contributed by atoms with Gasteiger partial charge in [0.25, 0.3) is 0 Å². The van der Waals surface area contributed by atoms with E-state index in [1.54, 1.807) is 0 Å². The molecule has 1 aliphatic heterocycles.